The molecule has 5 aromatic rings. The molecule has 0 unspecified atom stereocenters. The van der Waals surface area contributed by atoms with E-state index in [-0.39, 0.29) is 18.4 Å². The first kappa shape index (κ1) is 31.9. The molecule has 2 aliphatic heterocycles. The zero-order valence-electron chi connectivity index (χ0n) is 27.7. The molecule has 5 heterocycles. The van der Waals surface area contributed by atoms with E-state index in [0.717, 1.165) is 57.8 Å². The summed E-state index contributed by atoms with van der Waals surface area (Å²) in [5.74, 6) is 0.325. The minimum Gasteiger partial charge on any atom is -0.367 e. The summed E-state index contributed by atoms with van der Waals surface area (Å²) >= 11 is 0. The molecule has 1 atom stereocenters. The van der Waals surface area contributed by atoms with Crippen LogP contribution in [0.15, 0.2) is 79.3 Å². The molecule has 1 saturated carbocycles. The number of aromatic amines is 1. The van der Waals surface area contributed by atoms with Gasteiger partial charge in [0.2, 0.25) is 5.91 Å². The number of nitrogens with one attached hydrogen (secondary N) is 2. The number of ether oxygens (including phenoxy) is 1. The highest BCUT2D eigenvalue weighted by molar-refractivity contribution is 6.01. The summed E-state index contributed by atoms with van der Waals surface area (Å²) in [7, 11) is 1.55. The van der Waals surface area contributed by atoms with Crippen molar-refractivity contribution in [3.63, 3.8) is 0 Å². The second-order valence-electron chi connectivity index (χ2n) is 13.3. The first-order chi connectivity index (χ1) is 24.4. The van der Waals surface area contributed by atoms with Crippen LogP contribution < -0.4 is 5.32 Å². The maximum absolute atomic E-state index is 13.7. The van der Waals surface area contributed by atoms with Crippen molar-refractivity contribution in [1.82, 2.24) is 34.9 Å². The van der Waals surface area contributed by atoms with Gasteiger partial charge in [0.05, 0.1) is 24.5 Å². The second-order valence-corrected chi connectivity index (χ2v) is 13.3. The van der Waals surface area contributed by atoms with Crippen molar-refractivity contribution in [3.05, 3.63) is 96.3 Å². The Morgan fingerprint density at radius 2 is 1.80 bits per heavy atom. The molecule has 3 aliphatic rings. The fraction of sp³-hybridized carbons (Fsp3) is 0.316. The van der Waals surface area contributed by atoms with Gasteiger partial charge in [0.1, 0.15) is 5.69 Å². The first-order valence-electron chi connectivity index (χ1n) is 17.0. The molecule has 12 heteroatoms. The van der Waals surface area contributed by atoms with Gasteiger partial charge in [-0.05, 0) is 67.2 Å². The number of methoxy groups -OCH3 is 1. The molecule has 3 aromatic heterocycles. The Kier molecular flexibility index (Phi) is 8.41. The van der Waals surface area contributed by atoms with Crippen LogP contribution in [-0.4, -0.2) is 92.2 Å². The van der Waals surface area contributed by atoms with E-state index in [1.807, 2.05) is 64.5 Å². The zero-order chi connectivity index (χ0) is 34.2. The number of pyridine rings is 1. The van der Waals surface area contributed by atoms with Crippen molar-refractivity contribution in [2.75, 3.05) is 45.2 Å². The van der Waals surface area contributed by atoms with Crippen LogP contribution >= 0.6 is 0 Å². The monoisotopic (exact) mass is 672 g/mol. The van der Waals surface area contributed by atoms with E-state index in [9.17, 15) is 14.0 Å². The molecular weight excluding hydrogens is 635 g/mol. The Bertz CT molecular complexity index is 2090. The minimum absolute atomic E-state index is 0.0234. The first-order valence-corrected chi connectivity index (χ1v) is 17.0. The third-order valence-electron chi connectivity index (χ3n) is 10.0. The Labute approximate surface area is 288 Å². The number of halogens is 1. The number of anilines is 1. The predicted molar refractivity (Wildman–Crippen MR) is 187 cm³/mol. The minimum atomic E-state index is -1.07. The van der Waals surface area contributed by atoms with Crippen LogP contribution in [0.3, 0.4) is 0 Å². The maximum Gasteiger partial charge on any atom is 0.258 e. The number of nitrogens with zero attached hydrogens (tertiary/aromatic N) is 6. The zero-order valence-corrected chi connectivity index (χ0v) is 27.7. The largest absolute Gasteiger partial charge is 0.367 e. The van der Waals surface area contributed by atoms with Crippen LogP contribution in [0.2, 0.25) is 0 Å². The van der Waals surface area contributed by atoms with Gasteiger partial charge in [0.25, 0.3) is 5.91 Å². The number of carbonyl (C=O) groups is 2. The summed E-state index contributed by atoms with van der Waals surface area (Å²) in [6.45, 7) is 2.23. The lowest BCUT2D eigenvalue weighted by Gasteiger charge is -2.30. The molecule has 2 N–H and O–H groups in total. The molecular formula is C38H37FN8O3. The van der Waals surface area contributed by atoms with Crippen LogP contribution in [0.5, 0.6) is 0 Å². The SMILES string of the molecule is CO[C@@]1(C(=O)Nc2ccc3[nH]nc(-c4ccnc(C5CC5)c4)c3c2)CCN(CC(=O)N2CC=C(c3ccc(-c4ncc(F)cn4)cc3)CC2)C1. The Morgan fingerprint density at radius 1 is 1.00 bits per heavy atom. The average molecular weight is 673 g/mol. The number of aromatic nitrogens is 5. The molecule has 11 nitrogen and oxygen atoms in total. The number of hydrogen-bond donors (Lipinski definition) is 2. The summed E-state index contributed by atoms with van der Waals surface area (Å²) in [6, 6.07) is 17.6. The van der Waals surface area contributed by atoms with Gasteiger partial charge >= 0.3 is 0 Å². The van der Waals surface area contributed by atoms with Gasteiger partial charge in [-0.15, -0.1) is 0 Å². The number of likely N-dealkylation sites (tertiary alicyclic amines) is 1. The van der Waals surface area contributed by atoms with Gasteiger partial charge < -0.3 is 15.0 Å². The van der Waals surface area contributed by atoms with E-state index in [0.29, 0.717) is 50.0 Å². The van der Waals surface area contributed by atoms with Gasteiger partial charge in [-0.1, -0.05) is 30.3 Å². The van der Waals surface area contributed by atoms with Gasteiger partial charge in [-0.25, -0.2) is 14.4 Å². The van der Waals surface area contributed by atoms with E-state index < -0.39 is 11.4 Å². The van der Waals surface area contributed by atoms with Gasteiger partial charge in [0, 0.05) is 73.3 Å². The molecule has 0 bridgehead atoms. The fourth-order valence-electron chi connectivity index (χ4n) is 6.94. The topological polar surface area (TPSA) is 129 Å². The third-order valence-corrected chi connectivity index (χ3v) is 10.0. The molecule has 50 heavy (non-hydrogen) atoms. The summed E-state index contributed by atoms with van der Waals surface area (Å²) in [5.41, 5.74) is 6.42. The van der Waals surface area contributed by atoms with Crippen molar-refractivity contribution in [2.24, 2.45) is 0 Å². The van der Waals surface area contributed by atoms with Gasteiger partial charge in [-0.3, -0.25) is 24.6 Å². The van der Waals surface area contributed by atoms with E-state index >= 15 is 0 Å². The highest BCUT2D eigenvalue weighted by Gasteiger charge is 2.45. The van der Waals surface area contributed by atoms with Crippen molar-refractivity contribution in [2.45, 2.75) is 37.2 Å². The highest BCUT2D eigenvalue weighted by atomic mass is 19.1. The number of hydrogen-bond acceptors (Lipinski definition) is 8. The van der Waals surface area contributed by atoms with Crippen molar-refractivity contribution in [1.29, 1.82) is 0 Å². The molecule has 0 radical (unpaired) electrons. The summed E-state index contributed by atoms with van der Waals surface area (Å²) in [4.78, 5) is 43.6. The smallest absolute Gasteiger partial charge is 0.258 e. The van der Waals surface area contributed by atoms with E-state index in [4.69, 9.17) is 4.74 Å². The summed E-state index contributed by atoms with van der Waals surface area (Å²) in [6.07, 6.45) is 9.79. The standard InChI is InChI=1S/C38H37FN8O3/c1-50-38(37(49)43-30-8-9-32-31(19-30)35(45-44-32)28-10-14-40-33(18-28)26-4-5-26)13-17-46(23-38)22-34(48)47-15-11-25(12-16-47)24-2-6-27(7-3-24)36-41-20-29(39)21-42-36/h2-3,6-11,14,18-21,26H,4-5,12-13,15-17,22-23H2,1H3,(H,43,49)(H,44,45)/t38-/m0/s1. The molecule has 2 fully saturated rings. The predicted octanol–water partition coefficient (Wildman–Crippen LogP) is 5.44. The van der Waals surface area contributed by atoms with Crippen LogP contribution in [0.25, 0.3) is 39.1 Å². The van der Waals surface area contributed by atoms with Crippen molar-refractivity contribution < 1.29 is 18.7 Å². The van der Waals surface area contributed by atoms with Crippen LogP contribution in [-0.2, 0) is 14.3 Å². The average Bonchev–Trinajstić information content (AvgIpc) is 3.79. The summed E-state index contributed by atoms with van der Waals surface area (Å²) in [5, 5.41) is 11.7. The molecule has 0 spiro atoms. The molecule has 8 rings (SSSR count). The lowest BCUT2D eigenvalue weighted by molar-refractivity contribution is -0.138. The highest BCUT2D eigenvalue weighted by Crippen LogP contribution is 2.40. The van der Waals surface area contributed by atoms with Crippen LogP contribution in [0, 0.1) is 5.82 Å². The molecule has 1 aliphatic carbocycles. The normalized spacial score (nSPS) is 19.5. The van der Waals surface area contributed by atoms with Crippen LogP contribution in [0.1, 0.15) is 42.9 Å². The molecule has 2 aromatic carbocycles. The number of rotatable bonds is 9. The van der Waals surface area contributed by atoms with E-state index in [1.165, 1.54) is 18.4 Å². The second kappa shape index (κ2) is 13.2. The third kappa shape index (κ3) is 6.39. The molecule has 254 valence electrons. The Morgan fingerprint density at radius 3 is 2.54 bits per heavy atom. The number of amides is 2. The Hall–Kier alpha value is -5.33. The van der Waals surface area contributed by atoms with E-state index in [2.05, 4.69) is 42.6 Å². The van der Waals surface area contributed by atoms with Crippen molar-refractivity contribution in [3.8, 4) is 22.6 Å². The molecule has 2 amide bonds. The molecule has 1 saturated heterocycles. The number of carbonyl (C=O) groups excluding carboxylic acids is 2. The van der Waals surface area contributed by atoms with Gasteiger partial charge in [-0.2, -0.15) is 5.10 Å². The maximum atomic E-state index is 13.7. The van der Waals surface area contributed by atoms with Crippen LogP contribution in [0.4, 0.5) is 10.1 Å². The van der Waals surface area contributed by atoms with Gasteiger partial charge in [0.15, 0.2) is 17.2 Å². The lowest BCUT2D eigenvalue weighted by Crippen LogP contribution is -2.48. The Balaban J connectivity index is 0.882. The number of fused-ring (bicyclic) bond motifs is 1. The summed E-state index contributed by atoms with van der Waals surface area (Å²) < 4.78 is 19.1. The lowest BCUT2D eigenvalue weighted by atomic mass is 9.98. The van der Waals surface area contributed by atoms with Crippen molar-refractivity contribution >= 4 is 34.0 Å². The van der Waals surface area contributed by atoms with E-state index in [1.54, 1.807) is 7.11 Å². The fourth-order valence-corrected chi connectivity index (χ4v) is 6.94. The quantitative estimate of drug-likeness (QED) is 0.212. The number of benzene rings is 2. The number of H-pyrrole nitrogens is 1.